The Hall–Kier alpha value is -1.32. The van der Waals surface area contributed by atoms with Crippen LogP contribution in [0.4, 0.5) is 0 Å². The van der Waals surface area contributed by atoms with Gasteiger partial charge < -0.3 is 14.6 Å². The van der Waals surface area contributed by atoms with Crippen LogP contribution in [0.1, 0.15) is 31.7 Å². The predicted molar refractivity (Wildman–Crippen MR) is 87.5 cm³/mol. The van der Waals surface area contributed by atoms with Crippen LogP contribution in [0.3, 0.4) is 0 Å². The number of ether oxygens (including phenoxy) is 1. The normalized spacial score (nSPS) is 16.6. The van der Waals surface area contributed by atoms with E-state index < -0.39 is 0 Å². The topological polar surface area (TPSA) is 26.2 Å². The van der Waals surface area contributed by atoms with Crippen molar-refractivity contribution in [2.24, 2.45) is 5.92 Å². The summed E-state index contributed by atoms with van der Waals surface area (Å²) in [5, 5.41) is 4.83. The zero-order chi connectivity index (χ0) is 14.5. The third-order valence-electron chi connectivity index (χ3n) is 4.39. The van der Waals surface area contributed by atoms with Crippen LogP contribution < -0.4 is 5.32 Å². The molecule has 1 N–H and O–H groups in total. The van der Waals surface area contributed by atoms with Crippen LogP contribution in [0.15, 0.2) is 30.5 Å². The predicted octanol–water partition coefficient (Wildman–Crippen LogP) is 3.57. The fraction of sp³-hybridized carbons (Fsp3) is 0.556. The molecular weight excluding hydrogens is 260 g/mol. The van der Waals surface area contributed by atoms with Crippen LogP contribution in [-0.4, -0.2) is 24.3 Å². The second-order valence-electron chi connectivity index (χ2n) is 6.09. The smallest absolute Gasteiger partial charge is 0.0480 e. The molecule has 0 radical (unpaired) electrons. The molecular formula is C18H26N2O. The monoisotopic (exact) mass is 286 g/mol. The molecule has 1 saturated heterocycles. The van der Waals surface area contributed by atoms with Crippen molar-refractivity contribution in [1.29, 1.82) is 0 Å². The summed E-state index contributed by atoms with van der Waals surface area (Å²) in [5.74, 6) is 0.764. The molecule has 1 fully saturated rings. The third kappa shape index (κ3) is 3.66. The molecule has 0 bridgehead atoms. The summed E-state index contributed by atoms with van der Waals surface area (Å²) in [6.07, 6.45) is 5.81. The number of rotatable bonds is 6. The molecule has 21 heavy (non-hydrogen) atoms. The molecule has 0 spiro atoms. The molecule has 3 nitrogen and oxygen atoms in total. The highest BCUT2D eigenvalue weighted by Crippen LogP contribution is 2.22. The van der Waals surface area contributed by atoms with Crippen molar-refractivity contribution in [1.82, 2.24) is 9.88 Å². The summed E-state index contributed by atoms with van der Waals surface area (Å²) < 4.78 is 7.86. The maximum absolute atomic E-state index is 5.45. The summed E-state index contributed by atoms with van der Waals surface area (Å²) in [5.41, 5.74) is 2.74. The highest BCUT2D eigenvalue weighted by atomic mass is 16.5. The van der Waals surface area contributed by atoms with Crippen LogP contribution in [0.2, 0.25) is 0 Å². The van der Waals surface area contributed by atoms with Gasteiger partial charge in [-0.1, -0.05) is 13.0 Å². The van der Waals surface area contributed by atoms with Gasteiger partial charge in [0.15, 0.2) is 0 Å². The average molecular weight is 286 g/mol. The molecule has 3 heteroatoms. The second-order valence-corrected chi connectivity index (χ2v) is 6.09. The Balaban J connectivity index is 1.69. The largest absolute Gasteiger partial charge is 0.381 e. The van der Waals surface area contributed by atoms with Gasteiger partial charge in [0.25, 0.3) is 0 Å². The summed E-state index contributed by atoms with van der Waals surface area (Å²) in [6, 6.07) is 9.10. The van der Waals surface area contributed by atoms with Crippen molar-refractivity contribution in [3.8, 4) is 0 Å². The number of benzene rings is 1. The summed E-state index contributed by atoms with van der Waals surface area (Å²) in [7, 11) is 0. The second kappa shape index (κ2) is 7.10. The van der Waals surface area contributed by atoms with Gasteiger partial charge >= 0.3 is 0 Å². The molecule has 0 atom stereocenters. The van der Waals surface area contributed by atoms with Gasteiger partial charge in [0.2, 0.25) is 0 Å². The first kappa shape index (κ1) is 14.6. The molecule has 2 heterocycles. The van der Waals surface area contributed by atoms with Crippen molar-refractivity contribution in [3.63, 3.8) is 0 Å². The number of hydrogen-bond donors (Lipinski definition) is 1. The van der Waals surface area contributed by atoms with Crippen LogP contribution in [-0.2, 0) is 17.8 Å². The van der Waals surface area contributed by atoms with Gasteiger partial charge in [0, 0.05) is 38.0 Å². The van der Waals surface area contributed by atoms with Gasteiger partial charge in [-0.15, -0.1) is 0 Å². The van der Waals surface area contributed by atoms with Gasteiger partial charge in [0.05, 0.1) is 0 Å². The maximum Gasteiger partial charge on any atom is 0.0480 e. The maximum atomic E-state index is 5.45. The fourth-order valence-corrected chi connectivity index (χ4v) is 3.14. The molecule has 114 valence electrons. The van der Waals surface area contributed by atoms with E-state index >= 15 is 0 Å². The van der Waals surface area contributed by atoms with Crippen LogP contribution >= 0.6 is 0 Å². The van der Waals surface area contributed by atoms with Crippen molar-refractivity contribution in [2.75, 3.05) is 19.8 Å². The first-order valence-electron chi connectivity index (χ1n) is 8.23. The van der Waals surface area contributed by atoms with Crippen molar-refractivity contribution < 1.29 is 4.74 Å². The number of aromatic nitrogens is 1. The van der Waals surface area contributed by atoms with Gasteiger partial charge in [-0.25, -0.2) is 0 Å². The van der Waals surface area contributed by atoms with Crippen LogP contribution in [0, 0.1) is 5.92 Å². The first-order valence-corrected chi connectivity index (χ1v) is 8.23. The van der Waals surface area contributed by atoms with Crippen LogP contribution in [0.5, 0.6) is 0 Å². The van der Waals surface area contributed by atoms with E-state index in [2.05, 4.69) is 47.3 Å². The molecule has 1 aromatic carbocycles. The lowest BCUT2D eigenvalue weighted by atomic mass is 10.0. The molecule has 0 saturated carbocycles. The lowest BCUT2D eigenvalue weighted by Gasteiger charge is -2.22. The molecule has 0 aliphatic carbocycles. The number of nitrogens with zero attached hydrogens (tertiary/aromatic N) is 1. The van der Waals surface area contributed by atoms with Gasteiger partial charge in [-0.05, 0) is 60.9 Å². The molecule has 0 unspecified atom stereocenters. The fourth-order valence-electron chi connectivity index (χ4n) is 3.14. The summed E-state index contributed by atoms with van der Waals surface area (Å²) >= 11 is 0. The molecule has 2 aromatic rings. The highest BCUT2D eigenvalue weighted by Gasteiger charge is 2.15. The third-order valence-corrected chi connectivity index (χ3v) is 4.39. The van der Waals surface area contributed by atoms with E-state index in [1.807, 2.05) is 0 Å². The number of fused-ring (bicyclic) bond motifs is 1. The zero-order valence-electron chi connectivity index (χ0n) is 13.0. The van der Waals surface area contributed by atoms with E-state index in [4.69, 9.17) is 4.74 Å². The Morgan fingerprint density at radius 2 is 2.10 bits per heavy atom. The standard InChI is InChI=1S/C18H26N2O/c1-2-8-19-13-16-3-4-18-17(12-16)5-9-20(18)14-15-6-10-21-11-7-15/h3-5,9,12,15,19H,2,6-8,10-11,13-14H2,1H3. The minimum atomic E-state index is 0.764. The van der Waals surface area contributed by atoms with E-state index in [-0.39, 0.29) is 0 Å². The van der Waals surface area contributed by atoms with E-state index in [1.165, 1.54) is 35.7 Å². The molecule has 1 aliphatic heterocycles. The number of nitrogens with one attached hydrogen (secondary N) is 1. The SMILES string of the molecule is CCCNCc1ccc2c(ccn2CC2CCOCC2)c1. The van der Waals surface area contributed by atoms with E-state index in [0.717, 1.165) is 38.8 Å². The summed E-state index contributed by atoms with van der Waals surface area (Å²) in [4.78, 5) is 0. The Morgan fingerprint density at radius 3 is 2.90 bits per heavy atom. The van der Waals surface area contributed by atoms with Gasteiger partial charge in [0.1, 0.15) is 0 Å². The molecule has 0 amide bonds. The zero-order valence-corrected chi connectivity index (χ0v) is 13.0. The van der Waals surface area contributed by atoms with Crippen molar-refractivity contribution >= 4 is 10.9 Å². The Labute approximate surface area is 127 Å². The quantitative estimate of drug-likeness (QED) is 0.822. The summed E-state index contributed by atoms with van der Waals surface area (Å²) in [6.45, 7) is 7.23. The Morgan fingerprint density at radius 1 is 1.24 bits per heavy atom. The molecule has 1 aromatic heterocycles. The van der Waals surface area contributed by atoms with Crippen molar-refractivity contribution in [2.45, 2.75) is 39.3 Å². The van der Waals surface area contributed by atoms with Crippen LogP contribution in [0.25, 0.3) is 10.9 Å². The average Bonchev–Trinajstić information content (AvgIpc) is 2.91. The highest BCUT2D eigenvalue weighted by molar-refractivity contribution is 5.80. The molecule has 1 aliphatic rings. The number of hydrogen-bond acceptors (Lipinski definition) is 2. The van der Waals surface area contributed by atoms with E-state index in [0.29, 0.717) is 0 Å². The molecule has 3 rings (SSSR count). The Kier molecular flexibility index (Phi) is 4.94. The van der Waals surface area contributed by atoms with Gasteiger partial charge in [-0.3, -0.25) is 0 Å². The minimum Gasteiger partial charge on any atom is -0.381 e. The Bertz CT molecular complexity index is 570. The lowest BCUT2D eigenvalue weighted by molar-refractivity contribution is 0.0616. The van der Waals surface area contributed by atoms with E-state index in [9.17, 15) is 0 Å². The van der Waals surface area contributed by atoms with Gasteiger partial charge in [-0.2, -0.15) is 0 Å². The lowest BCUT2D eigenvalue weighted by Crippen LogP contribution is -2.20. The van der Waals surface area contributed by atoms with E-state index in [1.54, 1.807) is 0 Å². The minimum absolute atomic E-state index is 0.764. The first-order chi connectivity index (χ1) is 10.4. The van der Waals surface area contributed by atoms with Crippen molar-refractivity contribution in [3.05, 3.63) is 36.0 Å².